The number of para-hydroxylation sites is 1. The summed E-state index contributed by atoms with van der Waals surface area (Å²) in [6.45, 7) is 4.00. The fourth-order valence-electron chi connectivity index (χ4n) is 1.76. The Bertz CT molecular complexity index is 487. The lowest BCUT2D eigenvalue weighted by Gasteiger charge is -2.15. The third kappa shape index (κ3) is 2.59. The molecule has 1 aliphatic carbocycles. The average molecular weight is 250 g/mol. The molecule has 98 valence electrons. The first-order chi connectivity index (χ1) is 8.61. The molecule has 0 atom stereocenters. The molecular weight excluding hydrogens is 232 g/mol. The Morgan fingerprint density at radius 2 is 1.67 bits per heavy atom. The van der Waals surface area contributed by atoms with Gasteiger partial charge in [-0.15, -0.1) is 0 Å². The second kappa shape index (κ2) is 6.00. The lowest BCUT2D eigenvalue weighted by atomic mass is 9.94. The quantitative estimate of drug-likeness (QED) is 0.574. The third-order valence-corrected chi connectivity index (χ3v) is 2.60. The predicted octanol–water partition coefficient (Wildman–Crippen LogP) is 3.63. The van der Waals surface area contributed by atoms with Crippen LogP contribution in [0.4, 0.5) is 0 Å². The van der Waals surface area contributed by atoms with Crippen LogP contribution in [-0.4, -0.2) is 20.4 Å². The number of aliphatic hydroxyl groups excluding tert-OH is 2. The van der Waals surface area contributed by atoms with Gasteiger partial charge in [0, 0.05) is 11.1 Å². The van der Waals surface area contributed by atoms with Crippen LogP contribution in [0.15, 0.2) is 35.8 Å². The molecule has 0 saturated heterocycles. The van der Waals surface area contributed by atoms with Gasteiger partial charge in [0.25, 0.3) is 0 Å². The zero-order chi connectivity index (χ0) is 13.7. The molecule has 0 spiro atoms. The van der Waals surface area contributed by atoms with E-state index in [-0.39, 0.29) is 23.0 Å². The van der Waals surface area contributed by atoms with E-state index in [9.17, 15) is 20.4 Å². The van der Waals surface area contributed by atoms with Gasteiger partial charge in [0.2, 0.25) is 0 Å². The number of aliphatic hydroxyl groups is 2. The smallest absolute Gasteiger partial charge is 0.165 e. The van der Waals surface area contributed by atoms with Gasteiger partial charge in [-0.25, -0.2) is 0 Å². The minimum Gasteiger partial charge on any atom is -0.504 e. The highest BCUT2D eigenvalue weighted by atomic mass is 16.3. The maximum atomic E-state index is 9.67. The molecule has 0 amide bonds. The van der Waals surface area contributed by atoms with Crippen LogP contribution in [0, 0.1) is 0 Å². The zero-order valence-electron chi connectivity index (χ0n) is 10.5. The minimum absolute atomic E-state index is 0.191. The number of hydrogen-bond acceptors (Lipinski definition) is 4. The van der Waals surface area contributed by atoms with Crippen molar-refractivity contribution < 1.29 is 20.4 Å². The number of aromatic hydroxyl groups is 2. The molecule has 0 saturated carbocycles. The van der Waals surface area contributed by atoms with Crippen LogP contribution in [0.25, 0.3) is 5.57 Å². The first-order valence-electron chi connectivity index (χ1n) is 5.94. The molecule has 4 N–H and O–H groups in total. The van der Waals surface area contributed by atoms with Gasteiger partial charge in [0.05, 0.1) is 0 Å². The Hall–Kier alpha value is -2.10. The zero-order valence-corrected chi connectivity index (χ0v) is 10.5. The van der Waals surface area contributed by atoms with E-state index in [0.717, 1.165) is 0 Å². The van der Waals surface area contributed by atoms with Gasteiger partial charge in [-0.1, -0.05) is 26.0 Å². The summed E-state index contributed by atoms with van der Waals surface area (Å²) in [6.07, 6.45) is 2.60. The van der Waals surface area contributed by atoms with Gasteiger partial charge in [-0.2, -0.15) is 0 Å². The van der Waals surface area contributed by atoms with E-state index in [1.807, 2.05) is 13.8 Å². The standard InChI is InChI=1S/C12H12O4.C2H6/c13-9-5-1-3-7(11(9)15)8-4-2-6-10(14)12(8)16;1-2/h1,3,5-6,13-16H,2,4H2;1-2H3. The highest BCUT2D eigenvalue weighted by Gasteiger charge is 2.19. The van der Waals surface area contributed by atoms with Crippen LogP contribution in [-0.2, 0) is 0 Å². The molecule has 1 aromatic carbocycles. The Kier molecular flexibility index (Phi) is 4.66. The number of benzene rings is 1. The Morgan fingerprint density at radius 1 is 1.00 bits per heavy atom. The topological polar surface area (TPSA) is 80.9 Å². The third-order valence-electron chi connectivity index (χ3n) is 2.60. The molecule has 1 aliphatic rings. The number of hydrogen-bond donors (Lipinski definition) is 4. The monoisotopic (exact) mass is 250 g/mol. The molecule has 4 nitrogen and oxygen atoms in total. The second-order valence-corrected chi connectivity index (χ2v) is 3.63. The van der Waals surface area contributed by atoms with Crippen LogP contribution in [0.5, 0.6) is 11.5 Å². The average Bonchev–Trinajstić information content (AvgIpc) is 2.39. The van der Waals surface area contributed by atoms with Crippen LogP contribution < -0.4 is 0 Å². The van der Waals surface area contributed by atoms with E-state index in [1.165, 1.54) is 12.1 Å². The molecule has 0 unspecified atom stereocenters. The molecule has 18 heavy (non-hydrogen) atoms. The van der Waals surface area contributed by atoms with E-state index in [1.54, 1.807) is 12.1 Å². The summed E-state index contributed by atoms with van der Waals surface area (Å²) in [6, 6.07) is 4.51. The molecule has 2 rings (SSSR count). The molecule has 0 radical (unpaired) electrons. The maximum absolute atomic E-state index is 9.67. The summed E-state index contributed by atoms with van der Waals surface area (Å²) in [7, 11) is 0. The summed E-state index contributed by atoms with van der Waals surface area (Å²) in [5.41, 5.74) is 0.783. The normalized spacial score (nSPS) is 14.7. The van der Waals surface area contributed by atoms with Crippen molar-refractivity contribution in [2.75, 3.05) is 0 Å². The molecule has 4 heteroatoms. The van der Waals surface area contributed by atoms with Crippen LogP contribution in [0.3, 0.4) is 0 Å². The van der Waals surface area contributed by atoms with Crippen molar-refractivity contribution in [3.8, 4) is 11.5 Å². The number of phenolic OH excluding ortho intramolecular Hbond substituents is 2. The van der Waals surface area contributed by atoms with Gasteiger partial charge in [0.1, 0.15) is 0 Å². The Balaban J connectivity index is 0.000000771. The molecule has 0 aromatic heterocycles. The number of allylic oxidation sites excluding steroid dienone is 2. The molecular formula is C14H18O4. The fraction of sp³-hybridized carbons (Fsp3) is 0.286. The van der Waals surface area contributed by atoms with E-state index in [2.05, 4.69) is 0 Å². The van der Waals surface area contributed by atoms with Crippen molar-refractivity contribution in [1.82, 2.24) is 0 Å². The molecule has 0 bridgehead atoms. The second-order valence-electron chi connectivity index (χ2n) is 3.63. The van der Waals surface area contributed by atoms with Crippen LogP contribution in [0.2, 0.25) is 0 Å². The maximum Gasteiger partial charge on any atom is 0.165 e. The van der Waals surface area contributed by atoms with E-state index >= 15 is 0 Å². The largest absolute Gasteiger partial charge is 0.504 e. The van der Waals surface area contributed by atoms with Crippen molar-refractivity contribution in [3.63, 3.8) is 0 Å². The number of phenols is 2. The van der Waals surface area contributed by atoms with Crippen molar-refractivity contribution in [2.45, 2.75) is 26.7 Å². The van der Waals surface area contributed by atoms with Crippen molar-refractivity contribution in [2.24, 2.45) is 0 Å². The highest BCUT2D eigenvalue weighted by Crippen LogP contribution is 2.38. The van der Waals surface area contributed by atoms with Crippen LogP contribution >= 0.6 is 0 Å². The number of rotatable bonds is 1. The van der Waals surface area contributed by atoms with Gasteiger partial charge in [-0.3, -0.25) is 0 Å². The van der Waals surface area contributed by atoms with Gasteiger partial charge >= 0.3 is 0 Å². The van der Waals surface area contributed by atoms with Gasteiger partial charge in [-0.05, 0) is 25.0 Å². The summed E-state index contributed by atoms with van der Waals surface area (Å²) in [5, 5.41) is 38.1. The first-order valence-corrected chi connectivity index (χ1v) is 5.94. The fourth-order valence-corrected chi connectivity index (χ4v) is 1.76. The van der Waals surface area contributed by atoms with Crippen molar-refractivity contribution in [1.29, 1.82) is 0 Å². The lowest BCUT2D eigenvalue weighted by molar-refractivity contribution is 0.322. The van der Waals surface area contributed by atoms with Gasteiger partial charge in [0.15, 0.2) is 23.0 Å². The van der Waals surface area contributed by atoms with E-state index in [0.29, 0.717) is 24.0 Å². The molecule has 1 aromatic rings. The van der Waals surface area contributed by atoms with Crippen LogP contribution in [0.1, 0.15) is 32.3 Å². The van der Waals surface area contributed by atoms with E-state index in [4.69, 9.17) is 0 Å². The molecule has 0 aliphatic heterocycles. The predicted molar refractivity (Wildman–Crippen MR) is 70.6 cm³/mol. The molecule has 0 fully saturated rings. The Morgan fingerprint density at radius 3 is 2.33 bits per heavy atom. The highest BCUT2D eigenvalue weighted by molar-refractivity contribution is 5.76. The Labute approximate surface area is 106 Å². The summed E-state index contributed by atoms with van der Waals surface area (Å²) < 4.78 is 0. The van der Waals surface area contributed by atoms with E-state index < -0.39 is 0 Å². The molecule has 0 heterocycles. The van der Waals surface area contributed by atoms with Crippen molar-refractivity contribution in [3.05, 3.63) is 41.4 Å². The SMILES string of the molecule is CC.OC1=CCCC(c2cccc(O)c2O)=C1O. The first kappa shape index (κ1) is 14.0. The summed E-state index contributed by atoms with van der Waals surface area (Å²) >= 11 is 0. The van der Waals surface area contributed by atoms with Gasteiger partial charge < -0.3 is 20.4 Å². The lowest BCUT2D eigenvalue weighted by Crippen LogP contribution is -2.00. The summed E-state index contributed by atoms with van der Waals surface area (Å²) in [4.78, 5) is 0. The minimum atomic E-state index is -0.279. The van der Waals surface area contributed by atoms with Crippen molar-refractivity contribution >= 4 is 5.57 Å². The summed E-state index contributed by atoms with van der Waals surface area (Å²) in [5.74, 6) is -0.957.